The van der Waals surface area contributed by atoms with E-state index in [1.54, 1.807) is 0 Å². The van der Waals surface area contributed by atoms with E-state index in [1.165, 1.54) is 11.1 Å². The Morgan fingerprint density at radius 3 is 2.68 bits per heavy atom. The Hall–Kier alpha value is -0.930. The van der Waals surface area contributed by atoms with Crippen molar-refractivity contribution >= 4 is 35.6 Å². The van der Waals surface area contributed by atoms with Crippen LogP contribution in [0.4, 0.5) is 0 Å². The van der Waals surface area contributed by atoms with Crippen molar-refractivity contribution in [2.45, 2.75) is 25.8 Å². The number of aryl methyl sites for hydroxylation is 1. The molecule has 2 N–H and O–H groups in total. The largest absolute Gasteiger partial charge is 0.508 e. The average molecular weight is 359 g/mol. The van der Waals surface area contributed by atoms with Gasteiger partial charge in [-0.25, -0.2) is 0 Å². The first kappa shape index (κ1) is 17.4. The van der Waals surface area contributed by atoms with Gasteiger partial charge in [-0.1, -0.05) is 35.3 Å². The van der Waals surface area contributed by atoms with Crippen LogP contribution >= 0.6 is 35.6 Å². The van der Waals surface area contributed by atoms with Gasteiger partial charge in [0.15, 0.2) is 0 Å². The molecule has 0 fully saturated rings. The zero-order chi connectivity index (χ0) is 15.0. The number of aromatic hydroxyl groups is 1. The minimum Gasteiger partial charge on any atom is -0.508 e. The lowest BCUT2D eigenvalue weighted by Crippen LogP contribution is -2.31. The van der Waals surface area contributed by atoms with Gasteiger partial charge in [0.1, 0.15) is 5.75 Å². The van der Waals surface area contributed by atoms with Crippen LogP contribution in [-0.4, -0.2) is 11.7 Å². The van der Waals surface area contributed by atoms with E-state index in [9.17, 15) is 5.11 Å². The van der Waals surface area contributed by atoms with Gasteiger partial charge in [0.05, 0.1) is 10.0 Å². The first-order chi connectivity index (χ1) is 10.0. The molecule has 2 aromatic carbocycles. The van der Waals surface area contributed by atoms with Crippen molar-refractivity contribution in [1.29, 1.82) is 0 Å². The third-order valence-electron chi connectivity index (χ3n) is 4.04. The number of nitrogens with one attached hydrogen (secondary N) is 1. The van der Waals surface area contributed by atoms with E-state index in [4.69, 9.17) is 23.2 Å². The normalized spacial score (nSPS) is 16.8. The minimum atomic E-state index is 0. The van der Waals surface area contributed by atoms with Gasteiger partial charge in [0.2, 0.25) is 0 Å². The summed E-state index contributed by atoms with van der Waals surface area (Å²) in [6.07, 6.45) is 1.80. The van der Waals surface area contributed by atoms with Gasteiger partial charge >= 0.3 is 0 Å². The smallest absolute Gasteiger partial charge is 0.118 e. The zero-order valence-corrected chi connectivity index (χ0v) is 14.5. The molecule has 0 radical (unpaired) electrons. The maximum Gasteiger partial charge on any atom is 0.118 e. The molecule has 2 nitrogen and oxygen atoms in total. The predicted molar refractivity (Wildman–Crippen MR) is 94.7 cm³/mol. The Morgan fingerprint density at radius 1 is 1.18 bits per heavy atom. The van der Waals surface area contributed by atoms with Crippen molar-refractivity contribution in [2.24, 2.45) is 0 Å². The molecular formula is C17H18Cl3NO. The summed E-state index contributed by atoms with van der Waals surface area (Å²) in [6, 6.07) is 9.99. The van der Waals surface area contributed by atoms with Gasteiger partial charge in [-0.15, -0.1) is 12.4 Å². The molecule has 0 aromatic heterocycles. The molecule has 0 saturated carbocycles. The topological polar surface area (TPSA) is 32.3 Å². The van der Waals surface area contributed by atoms with Gasteiger partial charge < -0.3 is 10.4 Å². The lowest BCUT2D eigenvalue weighted by atomic mass is 9.89. The zero-order valence-electron chi connectivity index (χ0n) is 12.2. The van der Waals surface area contributed by atoms with Crippen LogP contribution < -0.4 is 5.32 Å². The first-order valence-electron chi connectivity index (χ1n) is 7.04. The highest BCUT2D eigenvalue weighted by Crippen LogP contribution is 2.32. The molecule has 0 bridgehead atoms. The van der Waals surface area contributed by atoms with E-state index >= 15 is 0 Å². The lowest BCUT2D eigenvalue weighted by Gasteiger charge is -2.28. The minimum absolute atomic E-state index is 0. The number of phenols is 1. The SMILES string of the molecule is Cc1cc2c(cc1O)CCNC2Cc1ccc(Cl)c(Cl)c1.Cl. The summed E-state index contributed by atoms with van der Waals surface area (Å²) in [6.45, 7) is 2.85. The molecule has 5 heteroatoms. The van der Waals surface area contributed by atoms with Crippen molar-refractivity contribution < 1.29 is 5.11 Å². The molecule has 1 heterocycles. The number of hydrogen-bond donors (Lipinski definition) is 2. The van der Waals surface area contributed by atoms with E-state index in [2.05, 4.69) is 11.4 Å². The van der Waals surface area contributed by atoms with E-state index < -0.39 is 0 Å². The van der Waals surface area contributed by atoms with Crippen molar-refractivity contribution in [3.63, 3.8) is 0 Å². The second-order valence-corrected chi connectivity index (χ2v) is 6.36. The number of fused-ring (bicyclic) bond motifs is 1. The third-order valence-corrected chi connectivity index (χ3v) is 4.78. The summed E-state index contributed by atoms with van der Waals surface area (Å²) in [5, 5.41) is 14.6. The van der Waals surface area contributed by atoms with Crippen LogP contribution in [0.15, 0.2) is 30.3 Å². The van der Waals surface area contributed by atoms with E-state index in [0.29, 0.717) is 15.8 Å². The van der Waals surface area contributed by atoms with Gasteiger partial charge in [0, 0.05) is 6.04 Å². The lowest BCUT2D eigenvalue weighted by molar-refractivity contribution is 0.462. The van der Waals surface area contributed by atoms with Crippen LogP contribution in [0.25, 0.3) is 0 Å². The maximum absolute atomic E-state index is 9.87. The fraction of sp³-hybridized carbons (Fsp3) is 0.294. The highest BCUT2D eigenvalue weighted by atomic mass is 35.5. The van der Waals surface area contributed by atoms with Crippen molar-refractivity contribution in [1.82, 2.24) is 5.32 Å². The van der Waals surface area contributed by atoms with Gasteiger partial charge in [-0.2, -0.15) is 0 Å². The molecule has 0 saturated heterocycles. The van der Waals surface area contributed by atoms with Gasteiger partial charge in [0.25, 0.3) is 0 Å². The van der Waals surface area contributed by atoms with Crippen LogP contribution in [0, 0.1) is 6.92 Å². The first-order valence-corrected chi connectivity index (χ1v) is 7.80. The third kappa shape index (κ3) is 3.52. The molecule has 0 spiro atoms. The number of hydrogen-bond acceptors (Lipinski definition) is 2. The van der Waals surface area contributed by atoms with E-state index in [0.717, 1.165) is 30.5 Å². The molecule has 0 aliphatic carbocycles. The number of rotatable bonds is 2. The van der Waals surface area contributed by atoms with E-state index in [1.807, 2.05) is 31.2 Å². The fourth-order valence-corrected chi connectivity index (χ4v) is 3.20. The Morgan fingerprint density at radius 2 is 1.95 bits per heavy atom. The summed E-state index contributed by atoms with van der Waals surface area (Å²) in [5.41, 5.74) is 4.56. The molecule has 118 valence electrons. The monoisotopic (exact) mass is 357 g/mol. The van der Waals surface area contributed by atoms with Crippen LogP contribution in [0.5, 0.6) is 5.75 Å². The number of halogens is 3. The van der Waals surface area contributed by atoms with E-state index in [-0.39, 0.29) is 18.4 Å². The van der Waals surface area contributed by atoms with Crippen LogP contribution in [0.1, 0.15) is 28.3 Å². The van der Waals surface area contributed by atoms with Crippen molar-refractivity contribution in [3.8, 4) is 5.75 Å². The Labute approximate surface area is 146 Å². The summed E-state index contributed by atoms with van der Waals surface area (Å²) in [5.74, 6) is 0.379. The van der Waals surface area contributed by atoms with Gasteiger partial charge in [-0.3, -0.25) is 0 Å². The molecule has 1 unspecified atom stereocenters. The number of phenolic OH excluding ortho intramolecular Hbond substituents is 1. The van der Waals surface area contributed by atoms with Crippen LogP contribution in [0.2, 0.25) is 10.0 Å². The summed E-state index contributed by atoms with van der Waals surface area (Å²) in [4.78, 5) is 0. The predicted octanol–water partition coefficient (Wildman–Crippen LogP) is 4.86. The van der Waals surface area contributed by atoms with Crippen molar-refractivity contribution in [2.75, 3.05) is 6.54 Å². The second kappa shape index (κ2) is 7.10. The fourth-order valence-electron chi connectivity index (χ4n) is 2.88. The average Bonchev–Trinajstić information content (AvgIpc) is 2.45. The highest BCUT2D eigenvalue weighted by molar-refractivity contribution is 6.42. The summed E-state index contributed by atoms with van der Waals surface area (Å²) < 4.78 is 0. The highest BCUT2D eigenvalue weighted by Gasteiger charge is 2.21. The molecule has 3 rings (SSSR count). The van der Waals surface area contributed by atoms with Gasteiger partial charge in [-0.05, 0) is 66.8 Å². The summed E-state index contributed by atoms with van der Waals surface area (Å²) in [7, 11) is 0. The molecule has 1 aliphatic heterocycles. The second-order valence-electron chi connectivity index (χ2n) is 5.55. The van der Waals surface area contributed by atoms with Crippen LogP contribution in [-0.2, 0) is 12.8 Å². The standard InChI is InChI=1S/C17H17Cl2NO.ClH/c1-10-6-13-12(9-17(10)21)4-5-20-16(13)8-11-2-3-14(18)15(19)7-11;/h2-3,6-7,9,16,20-21H,4-5,8H2,1H3;1H. The Bertz CT molecular complexity index is 688. The van der Waals surface area contributed by atoms with Crippen molar-refractivity contribution in [3.05, 3.63) is 62.6 Å². The van der Waals surface area contributed by atoms with Crippen LogP contribution in [0.3, 0.4) is 0 Å². The molecule has 2 aromatic rings. The molecule has 0 amide bonds. The number of benzene rings is 2. The maximum atomic E-state index is 9.87. The summed E-state index contributed by atoms with van der Waals surface area (Å²) >= 11 is 12.1. The molecule has 22 heavy (non-hydrogen) atoms. The molecule has 1 aliphatic rings. The Kier molecular flexibility index (Phi) is 5.62. The quantitative estimate of drug-likeness (QED) is 0.803. The molecule has 1 atom stereocenters. The Balaban J connectivity index is 0.00000176. The molecular weight excluding hydrogens is 341 g/mol.